The number of nitrogens with zero attached hydrogens (tertiary/aromatic N) is 2. The number of benzene rings is 1. The molecular formula is C15H22ClN3. The van der Waals surface area contributed by atoms with Crippen LogP contribution in [0.1, 0.15) is 31.2 Å². The minimum absolute atomic E-state index is 0.271. The highest BCUT2D eigenvalue weighted by atomic mass is 35.5. The van der Waals surface area contributed by atoms with E-state index in [0.29, 0.717) is 5.84 Å². The molecule has 0 aromatic heterocycles. The smallest absolute Gasteiger partial charge is 0.115 e. The van der Waals surface area contributed by atoms with Gasteiger partial charge in [-0.1, -0.05) is 18.9 Å². The van der Waals surface area contributed by atoms with Crippen molar-refractivity contribution in [2.45, 2.75) is 32.6 Å². The molecule has 2 N–H and O–H groups in total. The summed E-state index contributed by atoms with van der Waals surface area (Å²) in [6, 6.07) is 6.37. The van der Waals surface area contributed by atoms with Crippen LogP contribution < -0.4 is 10.6 Å². The molecule has 3 nitrogen and oxygen atoms in total. The average molecular weight is 280 g/mol. The van der Waals surface area contributed by atoms with Crippen molar-refractivity contribution in [3.05, 3.63) is 23.8 Å². The number of halogens is 1. The van der Waals surface area contributed by atoms with E-state index in [9.17, 15) is 0 Å². The zero-order chi connectivity index (χ0) is 13.7. The summed E-state index contributed by atoms with van der Waals surface area (Å²) in [5.74, 6) is 0.747. The van der Waals surface area contributed by atoms with E-state index in [1.54, 1.807) is 0 Å². The lowest BCUT2D eigenvalue weighted by Crippen LogP contribution is -2.24. The Morgan fingerprint density at radius 3 is 2.58 bits per heavy atom. The Bertz CT molecular complexity index is 449. The predicted octanol–water partition coefficient (Wildman–Crippen LogP) is 3.60. The van der Waals surface area contributed by atoms with Crippen molar-refractivity contribution in [2.75, 3.05) is 23.9 Å². The van der Waals surface area contributed by atoms with E-state index in [0.717, 1.165) is 18.8 Å². The first kappa shape index (κ1) is 14.2. The van der Waals surface area contributed by atoms with Crippen molar-refractivity contribution >= 4 is 28.8 Å². The Morgan fingerprint density at radius 2 is 1.95 bits per heavy atom. The third-order valence-electron chi connectivity index (χ3n) is 3.48. The molecule has 2 rings (SSSR count). The number of alkyl halides is 1. The van der Waals surface area contributed by atoms with E-state index >= 15 is 0 Å². The molecule has 0 amide bonds. The van der Waals surface area contributed by atoms with Gasteiger partial charge in [-0.25, -0.2) is 4.99 Å². The Balaban J connectivity index is 2.32. The third-order valence-corrected chi connectivity index (χ3v) is 3.75. The number of hydrogen-bond acceptors (Lipinski definition) is 2. The fourth-order valence-electron chi connectivity index (χ4n) is 2.49. The lowest BCUT2D eigenvalue weighted by molar-refractivity contribution is 0.726. The molecule has 1 aliphatic heterocycles. The van der Waals surface area contributed by atoms with Gasteiger partial charge in [0.05, 0.1) is 17.3 Å². The van der Waals surface area contributed by atoms with Gasteiger partial charge >= 0.3 is 0 Å². The SMILES string of the molecule is Cc1ccc(N2CCCCCC2)c(N=C(N)CCl)c1. The maximum Gasteiger partial charge on any atom is 0.115 e. The van der Waals surface area contributed by atoms with Gasteiger partial charge in [0.15, 0.2) is 0 Å². The standard InChI is InChI=1S/C15H22ClN3/c1-12-6-7-14(13(10-12)18-15(17)11-16)19-8-4-2-3-5-9-19/h6-7,10H,2-5,8-9,11H2,1H3,(H2,17,18). The highest BCUT2D eigenvalue weighted by molar-refractivity contribution is 6.28. The van der Waals surface area contributed by atoms with Gasteiger partial charge in [0.1, 0.15) is 5.84 Å². The van der Waals surface area contributed by atoms with Crippen LogP contribution in [0.4, 0.5) is 11.4 Å². The number of amidine groups is 1. The number of anilines is 1. The van der Waals surface area contributed by atoms with Crippen LogP contribution in [-0.2, 0) is 0 Å². The first-order chi connectivity index (χ1) is 9.20. The highest BCUT2D eigenvalue weighted by Gasteiger charge is 2.13. The van der Waals surface area contributed by atoms with E-state index in [1.165, 1.54) is 36.9 Å². The topological polar surface area (TPSA) is 41.6 Å². The first-order valence-corrected chi connectivity index (χ1v) is 7.49. The molecule has 19 heavy (non-hydrogen) atoms. The number of aryl methyl sites for hydroxylation is 1. The fourth-order valence-corrected chi connectivity index (χ4v) is 2.55. The number of rotatable bonds is 3. The maximum absolute atomic E-state index is 5.78. The predicted molar refractivity (Wildman–Crippen MR) is 83.9 cm³/mol. The minimum Gasteiger partial charge on any atom is -0.386 e. The average Bonchev–Trinajstić information content (AvgIpc) is 2.67. The Morgan fingerprint density at radius 1 is 1.26 bits per heavy atom. The number of nitrogens with two attached hydrogens (primary N) is 1. The van der Waals surface area contributed by atoms with Gasteiger partial charge in [0.2, 0.25) is 0 Å². The summed E-state index contributed by atoms with van der Waals surface area (Å²) in [6.45, 7) is 4.28. The van der Waals surface area contributed by atoms with Crippen molar-refractivity contribution < 1.29 is 0 Å². The lowest BCUT2D eigenvalue weighted by Gasteiger charge is -2.24. The van der Waals surface area contributed by atoms with Gasteiger partial charge in [0.25, 0.3) is 0 Å². The van der Waals surface area contributed by atoms with Gasteiger partial charge in [-0.3, -0.25) is 0 Å². The summed E-state index contributed by atoms with van der Waals surface area (Å²) in [5.41, 5.74) is 9.10. The molecule has 104 valence electrons. The van der Waals surface area contributed by atoms with E-state index in [-0.39, 0.29) is 5.88 Å². The van der Waals surface area contributed by atoms with Crippen LogP contribution >= 0.6 is 11.6 Å². The van der Waals surface area contributed by atoms with Crippen LogP contribution in [-0.4, -0.2) is 24.8 Å². The summed E-state index contributed by atoms with van der Waals surface area (Å²) in [4.78, 5) is 6.89. The van der Waals surface area contributed by atoms with Crippen molar-refractivity contribution in [1.29, 1.82) is 0 Å². The molecule has 0 atom stereocenters. The Labute approximate surface area is 120 Å². The Hall–Kier alpha value is -1.22. The zero-order valence-corrected chi connectivity index (χ0v) is 12.3. The van der Waals surface area contributed by atoms with Crippen LogP contribution in [0.3, 0.4) is 0 Å². The van der Waals surface area contributed by atoms with Gasteiger partial charge in [-0.2, -0.15) is 0 Å². The molecule has 0 unspecified atom stereocenters. The fraction of sp³-hybridized carbons (Fsp3) is 0.533. The third kappa shape index (κ3) is 3.87. The van der Waals surface area contributed by atoms with Crippen molar-refractivity contribution in [3.63, 3.8) is 0 Å². The summed E-state index contributed by atoms with van der Waals surface area (Å²) < 4.78 is 0. The van der Waals surface area contributed by atoms with E-state index in [1.807, 2.05) is 0 Å². The molecule has 1 heterocycles. The molecule has 4 heteroatoms. The molecule has 0 aliphatic carbocycles. The van der Waals surface area contributed by atoms with Crippen molar-refractivity contribution in [3.8, 4) is 0 Å². The largest absolute Gasteiger partial charge is 0.386 e. The van der Waals surface area contributed by atoms with Crippen molar-refractivity contribution in [2.24, 2.45) is 10.7 Å². The second-order valence-electron chi connectivity index (χ2n) is 5.13. The summed E-state index contributed by atoms with van der Waals surface area (Å²) >= 11 is 5.74. The molecule has 0 spiro atoms. The van der Waals surface area contributed by atoms with E-state index in [4.69, 9.17) is 17.3 Å². The molecule has 0 bridgehead atoms. The normalized spacial score (nSPS) is 17.4. The molecule has 0 saturated carbocycles. The zero-order valence-electron chi connectivity index (χ0n) is 11.5. The molecule has 1 aliphatic rings. The summed E-state index contributed by atoms with van der Waals surface area (Å²) in [6.07, 6.45) is 5.15. The van der Waals surface area contributed by atoms with Gasteiger partial charge in [-0.15, -0.1) is 11.6 Å². The second kappa shape index (κ2) is 6.80. The van der Waals surface area contributed by atoms with Gasteiger partial charge in [-0.05, 0) is 37.5 Å². The first-order valence-electron chi connectivity index (χ1n) is 6.95. The van der Waals surface area contributed by atoms with E-state index in [2.05, 4.69) is 35.0 Å². The molecule has 1 saturated heterocycles. The van der Waals surface area contributed by atoms with Gasteiger partial charge in [0, 0.05) is 13.1 Å². The van der Waals surface area contributed by atoms with E-state index < -0.39 is 0 Å². The second-order valence-corrected chi connectivity index (χ2v) is 5.40. The summed E-state index contributed by atoms with van der Waals surface area (Å²) in [7, 11) is 0. The van der Waals surface area contributed by atoms with Gasteiger partial charge < -0.3 is 10.6 Å². The molecule has 1 fully saturated rings. The molecule has 1 aromatic carbocycles. The maximum atomic E-state index is 5.78. The highest BCUT2D eigenvalue weighted by Crippen LogP contribution is 2.31. The monoisotopic (exact) mass is 279 g/mol. The lowest BCUT2D eigenvalue weighted by atomic mass is 10.1. The van der Waals surface area contributed by atoms with Crippen LogP contribution in [0.5, 0.6) is 0 Å². The molecule has 0 radical (unpaired) electrons. The number of hydrogen-bond donors (Lipinski definition) is 1. The summed E-state index contributed by atoms with van der Waals surface area (Å²) in [5, 5.41) is 0. The van der Waals surface area contributed by atoms with Crippen LogP contribution in [0.25, 0.3) is 0 Å². The molecule has 1 aromatic rings. The van der Waals surface area contributed by atoms with Crippen LogP contribution in [0, 0.1) is 6.92 Å². The minimum atomic E-state index is 0.271. The molecular weight excluding hydrogens is 258 g/mol. The quantitative estimate of drug-likeness (QED) is 0.522. The van der Waals surface area contributed by atoms with Crippen molar-refractivity contribution in [1.82, 2.24) is 0 Å². The Kier molecular flexibility index (Phi) is 5.08. The number of aliphatic imine (C=N–C) groups is 1. The van der Waals surface area contributed by atoms with Crippen LogP contribution in [0.15, 0.2) is 23.2 Å². The van der Waals surface area contributed by atoms with Crippen LogP contribution in [0.2, 0.25) is 0 Å².